The molecule has 0 bridgehead atoms. The number of benzene rings is 2. The van der Waals surface area contributed by atoms with Crippen molar-refractivity contribution in [3.63, 3.8) is 0 Å². The second-order valence-electron chi connectivity index (χ2n) is 4.32. The van der Waals surface area contributed by atoms with E-state index in [2.05, 4.69) is 42.1 Å². The van der Waals surface area contributed by atoms with Crippen LogP contribution in [0.1, 0.15) is 18.1 Å². The maximum atomic E-state index is 3.36. The van der Waals surface area contributed by atoms with Crippen LogP contribution in [0.25, 0.3) is 10.8 Å². The van der Waals surface area contributed by atoms with Crippen LogP contribution in [-0.2, 0) is 12.8 Å². The molecule has 1 aliphatic carbocycles. The maximum Gasteiger partial charge on any atom is 0.00187 e. The van der Waals surface area contributed by atoms with Crippen LogP contribution in [0.3, 0.4) is 0 Å². The molecule has 0 unspecified atom stereocenters. The second kappa shape index (κ2) is 3.66. The SMILES string of the molecule is CC=C=C1Cc2cccc3cccc(c23)C1. The Hall–Kier alpha value is -1.78. The van der Waals surface area contributed by atoms with E-state index in [0.717, 1.165) is 12.8 Å². The van der Waals surface area contributed by atoms with Crippen LogP contribution in [0.5, 0.6) is 0 Å². The monoisotopic (exact) mass is 206 g/mol. The molecule has 2 aromatic rings. The first-order chi connectivity index (χ1) is 7.88. The predicted octanol–water partition coefficient (Wildman–Crippen LogP) is 4.04. The summed E-state index contributed by atoms with van der Waals surface area (Å²) in [5.41, 5.74) is 7.65. The molecule has 0 heterocycles. The highest BCUT2D eigenvalue weighted by molar-refractivity contribution is 5.90. The standard InChI is InChI=1S/C16H14/c1-2-5-12-10-14-8-3-6-13-7-4-9-15(11-12)16(13)14/h2-4,6-9H,10-11H2,1H3. The quantitative estimate of drug-likeness (QED) is 0.571. The summed E-state index contributed by atoms with van der Waals surface area (Å²) < 4.78 is 0. The Bertz CT molecular complexity index is 568. The Kier molecular flexibility index (Phi) is 2.16. The Morgan fingerprint density at radius 1 is 1.00 bits per heavy atom. The zero-order chi connectivity index (χ0) is 11.0. The van der Waals surface area contributed by atoms with Gasteiger partial charge in [0, 0.05) is 12.8 Å². The third-order valence-electron chi connectivity index (χ3n) is 3.23. The Balaban J connectivity index is 2.32. The molecule has 2 aromatic carbocycles. The number of rotatable bonds is 0. The fourth-order valence-corrected chi connectivity index (χ4v) is 2.62. The van der Waals surface area contributed by atoms with Gasteiger partial charge in [0.05, 0.1) is 0 Å². The minimum atomic E-state index is 1.05. The second-order valence-corrected chi connectivity index (χ2v) is 4.32. The van der Waals surface area contributed by atoms with Crippen molar-refractivity contribution in [2.75, 3.05) is 0 Å². The topological polar surface area (TPSA) is 0 Å². The summed E-state index contributed by atoms with van der Waals surface area (Å²) in [6.07, 6.45) is 4.13. The van der Waals surface area contributed by atoms with E-state index in [-0.39, 0.29) is 0 Å². The lowest BCUT2D eigenvalue weighted by atomic mass is 9.86. The highest BCUT2D eigenvalue weighted by atomic mass is 14.2. The smallest absolute Gasteiger partial charge is 0.00187 e. The van der Waals surface area contributed by atoms with E-state index in [4.69, 9.17) is 0 Å². The van der Waals surface area contributed by atoms with Gasteiger partial charge in [-0.25, -0.2) is 0 Å². The van der Waals surface area contributed by atoms with Gasteiger partial charge < -0.3 is 0 Å². The molecule has 0 nitrogen and oxygen atoms in total. The largest absolute Gasteiger partial charge is 0.126 e. The van der Waals surface area contributed by atoms with Crippen molar-refractivity contribution in [1.29, 1.82) is 0 Å². The number of hydrogen-bond acceptors (Lipinski definition) is 0. The van der Waals surface area contributed by atoms with Crippen molar-refractivity contribution in [2.45, 2.75) is 19.8 Å². The molecular formula is C16H14. The zero-order valence-corrected chi connectivity index (χ0v) is 9.46. The highest BCUT2D eigenvalue weighted by Crippen LogP contribution is 2.31. The van der Waals surface area contributed by atoms with E-state index in [0.29, 0.717) is 0 Å². The van der Waals surface area contributed by atoms with Crippen molar-refractivity contribution in [3.8, 4) is 0 Å². The molecule has 0 saturated carbocycles. The fraction of sp³-hybridized carbons (Fsp3) is 0.188. The third kappa shape index (κ3) is 1.39. The van der Waals surface area contributed by atoms with Gasteiger partial charge in [-0.05, 0) is 40.5 Å². The summed E-state index contributed by atoms with van der Waals surface area (Å²) in [6.45, 7) is 2.04. The molecule has 0 saturated heterocycles. The van der Waals surface area contributed by atoms with E-state index < -0.39 is 0 Å². The van der Waals surface area contributed by atoms with Gasteiger partial charge in [-0.2, -0.15) is 0 Å². The third-order valence-corrected chi connectivity index (χ3v) is 3.23. The van der Waals surface area contributed by atoms with Crippen LogP contribution in [0.4, 0.5) is 0 Å². The summed E-state index contributed by atoms with van der Waals surface area (Å²) in [5.74, 6) is 0. The lowest BCUT2D eigenvalue weighted by Crippen LogP contribution is -2.03. The minimum absolute atomic E-state index is 1.05. The molecule has 0 fully saturated rings. The van der Waals surface area contributed by atoms with Crippen LogP contribution in [0.15, 0.2) is 53.8 Å². The Morgan fingerprint density at radius 2 is 1.62 bits per heavy atom. The molecule has 0 N–H and O–H groups in total. The summed E-state index contributed by atoms with van der Waals surface area (Å²) in [4.78, 5) is 0. The molecule has 0 aliphatic heterocycles. The molecule has 3 rings (SSSR count). The molecule has 0 amide bonds. The van der Waals surface area contributed by atoms with Gasteiger partial charge in [-0.3, -0.25) is 0 Å². The average Bonchev–Trinajstić information content (AvgIpc) is 2.30. The van der Waals surface area contributed by atoms with Gasteiger partial charge in [-0.1, -0.05) is 36.4 Å². The van der Waals surface area contributed by atoms with E-state index in [1.165, 1.54) is 27.5 Å². The van der Waals surface area contributed by atoms with Crippen molar-refractivity contribution >= 4 is 10.8 Å². The van der Waals surface area contributed by atoms with E-state index in [1.54, 1.807) is 0 Å². The lowest BCUT2D eigenvalue weighted by Gasteiger charge is -2.18. The molecule has 1 aliphatic rings. The van der Waals surface area contributed by atoms with Crippen LogP contribution in [0.2, 0.25) is 0 Å². The minimum Gasteiger partial charge on any atom is -0.126 e. The molecule has 78 valence electrons. The predicted molar refractivity (Wildman–Crippen MR) is 68.6 cm³/mol. The number of hydrogen-bond donors (Lipinski definition) is 0. The lowest BCUT2D eigenvalue weighted by molar-refractivity contribution is 1.02. The zero-order valence-electron chi connectivity index (χ0n) is 9.46. The van der Waals surface area contributed by atoms with E-state index >= 15 is 0 Å². The van der Waals surface area contributed by atoms with Gasteiger partial charge in [-0.15, -0.1) is 5.73 Å². The Labute approximate surface area is 95.9 Å². The Morgan fingerprint density at radius 3 is 2.19 bits per heavy atom. The number of allylic oxidation sites excluding steroid dienone is 1. The molecule has 16 heavy (non-hydrogen) atoms. The van der Waals surface area contributed by atoms with E-state index in [1.807, 2.05) is 13.0 Å². The van der Waals surface area contributed by atoms with Crippen molar-refractivity contribution in [3.05, 3.63) is 64.9 Å². The van der Waals surface area contributed by atoms with Gasteiger partial charge in [0.15, 0.2) is 0 Å². The van der Waals surface area contributed by atoms with E-state index in [9.17, 15) is 0 Å². The van der Waals surface area contributed by atoms with Gasteiger partial charge in [0.2, 0.25) is 0 Å². The van der Waals surface area contributed by atoms with Gasteiger partial charge in [0.25, 0.3) is 0 Å². The first-order valence-electron chi connectivity index (χ1n) is 5.77. The first kappa shape index (κ1) is 9.45. The van der Waals surface area contributed by atoms with Crippen LogP contribution < -0.4 is 0 Å². The summed E-state index contributed by atoms with van der Waals surface area (Å²) in [7, 11) is 0. The van der Waals surface area contributed by atoms with Crippen LogP contribution in [-0.4, -0.2) is 0 Å². The summed E-state index contributed by atoms with van der Waals surface area (Å²) in [6, 6.07) is 13.2. The fourth-order valence-electron chi connectivity index (χ4n) is 2.62. The normalized spacial score (nSPS) is 13.7. The summed E-state index contributed by atoms with van der Waals surface area (Å²) >= 11 is 0. The van der Waals surface area contributed by atoms with Gasteiger partial charge >= 0.3 is 0 Å². The molecule has 0 heteroatoms. The van der Waals surface area contributed by atoms with Crippen LogP contribution >= 0.6 is 0 Å². The molecule has 0 atom stereocenters. The van der Waals surface area contributed by atoms with Crippen LogP contribution in [0, 0.1) is 0 Å². The van der Waals surface area contributed by atoms with Crippen molar-refractivity contribution in [2.24, 2.45) is 0 Å². The van der Waals surface area contributed by atoms with Crippen molar-refractivity contribution in [1.82, 2.24) is 0 Å². The summed E-state index contributed by atoms with van der Waals surface area (Å²) in [5, 5.41) is 2.83. The molecule has 0 spiro atoms. The van der Waals surface area contributed by atoms with Gasteiger partial charge in [0.1, 0.15) is 0 Å². The first-order valence-corrected chi connectivity index (χ1v) is 5.77. The molecular weight excluding hydrogens is 192 g/mol. The van der Waals surface area contributed by atoms with Crippen molar-refractivity contribution < 1.29 is 0 Å². The maximum absolute atomic E-state index is 3.36. The highest BCUT2D eigenvalue weighted by Gasteiger charge is 2.14. The average molecular weight is 206 g/mol. The molecule has 0 radical (unpaired) electrons. The molecule has 0 aromatic heterocycles.